The summed E-state index contributed by atoms with van der Waals surface area (Å²) in [4.78, 5) is 79.5. The number of hydrogen-bond acceptors (Lipinski definition) is 11. The highest BCUT2D eigenvalue weighted by Crippen LogP contribution is 2.32. The lowest BCUT2D eigenvalue weighted by atomic mass is 9.93. The van der Waals surface area contributed by atoms with Crippen molar-refractivity contribution in [2.24, 2.45) is 7.05 Å². The van der Waals surface area contributed by atoms with Crippen LogP contribution in [-0.4, -0.2) is 68.7 Å². The van der Waals surface area contributed by atoms with E-state index >= 15 is 0 Å². The quantitative estimate of drug-likeness (QED) is 0.327. The second-order valence-electron chi connectivity index (χ2n) is 11.5. The molecule has 44 heavy (non-hydrogen) atoms. The molecule has 2 heterocycles. The molecule has 3 rings (SSSR count). The molecule has 0 saturated carbocycles. The summed E-state index contributed by atoms with van der Waals surface area (Å²) in [7, 11) is -3.14. The van der Waals surface area contributed by atoms with Crippen LogP contribution in [0, 0.1) is 0 Å². The number of esters is 2. The molecule has 0 spiro atoms. The van der Waals surface area contributed by atoms with Gasteiger partial charge in [0.15, 0.2) is 11.2 Å². The van der Waals surface area contributed by atoms with Crippen molar-refractivity contribution in [3.8, 4) is 11.3 Å². The highest BCUT2D eigenvalue weighted by atomic mass is 32.2. The van der Waals surface area contributed by atoms with Crippen LogP contribution in [0.2, 0.25) is 0 Å². The summed E-state index contributed by atoms with van der Waals surface area (Å²) in [5, 5.41) is 3.84. The first-order valence-electron chi connectivity index (χ1n) is 13.4. The number of ether oxygens (including phenoxy) is 2. The largest absolute Gasteiger partial charge is 0.450 e. The monoisotopic (exact) mass is 633 g/mol. The van der Waals surface area contributed by atoms with Gasteiger partial charge in [0, 0.05) is 32.7 Å². The van der Waals surface area contributed by atoms with Crippen LogP contribution in [0.4, 0.5) is 0 Å². The Hall–Kier alpha value is -4.60. The first kappa shape index (κ1) is 33.9. The van der Waals surface area contributed by atoms with Gasteiger partial charge < -0.3 is 9.47 Å². The topological polar surface area (TPSA) is 186 Å². The zero-order valence-corrected chi connectivity index (χ0v) is 26.9. The molecule has 0 aliphatic rings. The molecule has 0 fully saturated rings. The minimum Gasteiger partial charge on any atom is -0.450 e. The standard InChI is InChI=1S/C28H35N5O10S/c1-15(2)18-14-22-20(13-19(18)21-11-12-29-30(21)9)23(36)32(26(39)31(22)24(37)27(5,6)42-16(3)34)33(44(10,40)41)25(38)28(7,8)43-17(4)35/h11-15H,1-10H3. The molecule has 16 heteroatoms. The van der Waals surface area contributed by atoms with Gasteiger partial charge in [-0.1, -0.05) is 13.8 Å². The predicted molar refractivity (Wildman–Crippen MR) is 159 cm³/mol. The van der Waals surface area contributed by atoms with Crippen LogP contribution < -0.4 is 15.7 Å². The highest BCUT2D eigenvalue weighted by molar-refractivity contribution is 7.92. The van der Waals surface area contributed by atoms with Crippen LogP contribution in [0.15, 0.2) is 34.0 Å². The average Bonchev–Trinajstić information content (AvgIpc) is 3.28. The smallest absolute Gasteiger partial charge is 0.358 e. The van der Waals surface area contributed by atoms with Gasteiger partial charge in [0.25, 0.3) is 27.4 Å². The van der Waals surface area contributed by atoms with E-state index in [4.69, 9.17) is 9.47 Å². The molecule has 0 saturated heterocycles. The fourth-order valence-electron chi connectivity index (χ4n) is 4.75. The van der Waals surface area contributed by atoms with Crippen molar-refractivity contribution >= 4 is 44.7 Å². The van der Waals surface area contributed by atoms with Crippen LogP contribution >= 0.6 is 0 Å². The van der Waals surface area contributed by atoms with Crippen molar-refractivity contribution in [1.82, 2.24) is 19.0 Å². The fraction of sp³-hybridized carbons (Fsp3) is 0.464. The van der Waals surface area contributed by atoms with Gasteiger partial charge in [0.05, 0.1) is 22.9 Å². The Labute approximate surface area is 253 Å². The molecule has 0 radical (unpaired) electrons. The SMILES string of the molecule is CC(=O)OC(C)(C)C(=O)N(n1c(=O)c2cc(-c3ccnn3C)c(C(C)C)cc2n(C(=O)C(C)(C)OC(C)=O)c1=O)S(C)(=O)=O. The molecule has 3 aromatic rings. The van der Waals surface area contributed by atoms with Gasteiger partial charge >= 0.3 is 17.6 Å². The van der Waals surface area contributed by atoms with E-state index in [1.165, 1.54) is 36.9 Å². The number of benzene rings is 1. The number of carbonyl (C=O) groups is 4. The minimum absolute atomic E-state index is 0.00490. The second-order valence-corrected chi connectivity index (χ2v) is 13.3. The van der Waals surface area contributed by atoms with Crippen molar-refractivity contribution in [3.05, 3.63) is 50.8 Å². The fourth-order valence-corrected chi connectivity index (χ4v) is 5.71. The van der Waals surface area contributed by atoms with Crippen molar-refractivity contribution in [3.63, 3.8) is 0 Å². The van der Waals surface area contributed by atoms with Crippen LogP contribution in [-0.2, 0) is 40.9 Å². The first-order chi connectivity index (χ1) is 20.0. The summed E-state index contributed by atoms with van der Waals surface area (Å²) in [6.07, 6.45) is 2.08. The second kappa shape index (κ2) is 11.5. The first-order valence-corrected chi connectivity index (χ1v) is 15.2. The number of sulfonamides is 1. The van der Waals surface area contributed by atoms with Gasteiger partial charge in [-0.05, 0) is 57.4 Å². The van der Waals surface area contributed by atoms with Crippen LogP contribution in [0.1, 0.15) is 71.7 Å². The number of fused-ring (bicyclic) bond motifs is 1. The highest BCUT2D eigenvalue weighted by Gasteiger charge is 2.43. The Morgan fingerprint density at radius 3 is 1.95 bits per heavy atom. The van der Waals surface area contributed by atoms with Crippen LogP contribution in [0.3, 0.4) is 0 Å². The summed E-state index contributed by atoms with van der Waals surface area (Å²) in [5.74, 6) is -4.63. The molecule has 0 N–H and O–H groups in total. The van der Waals surface area contributed by atoms with E-state index in [1.807, 2.05) is 13.8 Å². The lowest BCUT2D eigenvalue weighted by Crippen LogP contribution is -2.63. The van der Waals surface area contributed by atoms with Crippen molar-refractivity contribution in [1.29, 1.82) is 0 Å². The van der Waals surface area contributed by atoms with Gasteiger partial charge in [0.2, 0.25) is 0 Å². The molecule has 238 valence electrons. The maximum absolute atomic E-state index is 14.2. The van der Waals surface area contributed by atoms with Crippen molar-refractivity contribution < 1.29 is 37.1 Å². The normalized spacial score (nSPS) is 12.3. The third-order valence-electron chi connectivity index (χ3n) is 6.62. The molecular weight excluding hydrogens is 598 g/mol. The predicted octanol–water partition coefficient (Wildman–Crippen LogP) is 1.43. The number of carbonyl (C=O) groups excluding carboxylic acids is 4. The molecule has 0 bridgehead atoms. The molecule has 15 nitrogen and oxygen atoms in total. The van der Waals surface area contributed by atoms with Gasteiger partial charge in [-0.3, -0.25) is 28.7 Å². The minimum atomic E-state index is -4.80. The Bertz CT molecular complexity index is 1930. The summed E-state index contributed by atoms with van der Waals surface area (Å²) < 4.78 is 38.3. The van der Waals surface area contributed by atoms with Crippen molar-refractivity contribution in [2.75, 3.05) is 10.7 Å². The van der Waals surface area contributed by atoms with E-state index in [2.05, 4.69) is 5.10 Å². The molecule has 0 atom stereocenters. The third kappa shape index (κ3) is 6.20. The zero-order chi connectivity index (χ0) is 33.7. The molecule has 2 aromatic heterocycles. The summed E-state index contributed by atoms with van der Waals surface area (Å²) >= 11 is 0. The Kier molecular flexibility index (Phi) is 8.84. The molecular formula is C28H35N5O10S. The average molecular weight is 634 g/mol. The van der Waals surface area contributed by atoms with Crippen LogP contribution in [0.25, 0.3) is 22.2 Å². The third-order valence-corrected chi connectivity index (χ3v) is 7.58. The summed E-state index contributed by atoms with van der Waals surface area (Å²) in [6, 6.07) is 4.47. The van der Waals surface area contributed by atoms with E-state index in [9.17, 15) is 37.2 Å². The lowest BCUT2D eigenvalue weighted by Gasteiger charge is -2.31. The molecule has 0 unspecified atom stereocenters. The van der Waals surface area contributed by atoms with Gasteiger partial charge in [-0.15, -0.1) is 9.09 Å². The number of nitrogens with zero attached hydrogens (tertiary/aromatic N) is 5. The number of amides is 1. The zero-order valence-electron chi connectivity index (χ0n) is 26.1. The number of rotatable bonds is 8. The van der Waals surface area contributed by atoms with E-state index in [0.717, 1.165) is 27.7 Å². The van der Waals surface area contributed by atoms with Gasteiger partial charge in [-0.25, -0.2) is 17.8 Å². The number of hydrogen-bond donors (Lipinski definition) is 0. The van der Waals surface area contributed by atoms with E-state index in [-0.39, 0.29) is 25.9 Å². The maximum atomic E-state index is 14.2. The van der Waals surface area contributed by atoms with E-state index < -0.39 is 56.2 Å². The van der Waals surface area contributed by atoms with Gasteiger partial charge in [0.1, 0.15) is 0 Å². The van der Waals surface area contributed by atoms with E-state index in [1.54, 1.807) is 13.1 Å². The summed E-state index contributed by atoms with van der Waals surface area (Å²) in [5.41, 5.74) is -5.58. The Balaban J connectivity index is 2.65. The molecule has 0 aliphatic carbocycles. The van der Waals surface area contributed by atoms with Crippen LogP contribution in [0.5, 0.6) is 0 Å². The summed E-state index contributed by atoms with van der Waals surface area (Å²) in [6.45, 7) is 10.3. The molecule has 1 aromatic carbocycles. The Morgan fingerprint density at radius 1 is 0.955 bits per heavy atom. The maximum Gasteiger partial charge on any atom is 0.358 e. The number of aromatic nitrogens is 4. The number of aryl methyl sites for hydroxylation is 1. The molecule has 0 aliphatic heterocycles. The van der Waals surface area contributed by atoms with E-state index in [0.29, 0.717) is 27.6 Å². The molecule has 1 amide bonds. The van der Waals surface area contributed by atoms with Crippen molar-refractivity contribution in [2.45, 2.75) is 72.5 Å². The van der Waals surface area contributed by atoms with Gasteiger partial charge in [-0.2, -0.15) is 5.10 Å². The Morgan fingerprint density at radius 2 is 1.50 bits per heavy atom. The lowest BCUT2D eigenvalue weighted by molar-refractivity contribution is -0.161.